The minimum atomic E-state index is -0.497. The molecule has 0 saturated carbocycles. The highest BCUT2D eigenvalue weighted by molar-refractivity contribution is 5.68. The molecule has 0 aromatic rings. The summed E-state index contributed by atoms with van der Waals surface area (Å²) in [5, 5.41) is 11.4. The van der Waals surface area contributed by atoms with Gasteiger partial charge in [0.1, 0.15) is 11.7 Å². The van der Waals surface area contributed by atoms with E-state index in [2.05, 4.69) is 5.32 Å². The fourth-order valence-electron chi connectivity index (χ4n) is 1.10. The van der Waals surface area contributed by atoms with E-state index in [1.807, 2.05) is 0 Å². The predicted octanol–water partition coefficient (Wildman–Crippen LogP) is 0.271. The highest BCUT2D eigenvalue weighted by atomic mass is 16.6. The minimum absolute atomic E-state index is 0.0829. The molecule has 5 heteroatoms. The summed E-state index contributed by atoms with van der Waals surface area (Å²) in [4.78, 5) is 11.3. The van der Waals surface area contributed by atoms with E-state index in [4.69, 9.17) is 14.6 Å². The third-order valence-electron chi connectivity index (χ3n) is 1.82. The van der Waals surface area contributed by atoms with Gasteiger partial charge in [0.05, 0.1) is 19.3 Å². The van der Waals surface area contributed by atoms with Gasteiger partial charge in [0.15, 0.2) is 0 Å². The Morgan fingerprint density at radius 3 is 2.64 bits per heavy atom. The van der Waals surface area contributed by atoms with Gasteiger partial charge in [-0.15, -0.1) is 0 Å². The summed E-state index contributed by atoms with van der Waals surface area (Å²) in [6, 6.07) is -0.130. The highest BCUT2D eigenvalue weighted by Gasteiger charge is 2.33. The van der Waals surface area contributed by atoms with Gasteiger partial charge in [-0.2, -0.15) is 0 Å². The number of aliphatic hydroxyl groups excluding tert-OH is 1. The van der Waals surface area contributed by atoms with Crippen molar-refractivity contribution in [2.45, 2.75) is 38.5 Å². The molecule has 1 aliphatic heterocycles. The first-order chi connectivity index (χ1) is 6.42. The van der Waals surface area contributed by atoms with E-state index in [0.717, 1.165) is 0 Å². The lowest BCUT2D eigenvalue weighted by atomic mass is 10.1. The first kappa shape index (κ1) is 11.3. The van der Waals surface area contributed by atoms with Gasteiger partial charge in [-0.05, 0) is 20.8 Å². The number of carbonyl (C=O) groups excluding carboxylic acids is 1. The zero-order chi connectivity index (χ0) is 10.8. The van der Waals surface area contributed by atoms with Crippen LogP contribution in [-0.2, 0) is 9.47 Å². The molecule has 82 valence electrons. The average Bonchev–Trinajstić information content (AvgIpc) is 1.96. The number of nitrogens with one attached hydrogen (secondary N) is 1. The topological polar surface area (TPSA) is 67.8 Å². The molecule has 5 nitrogen and oxygen atoms in total. The fraction of sp³-hybridized carbons (Fsp3) is 0.889. The monoisotopic (exact) mass is 203 g/mol. The zero-order valence-electron chi connectivity index (χ0n) is 8.74. The quantitative estimate of drug-likeness (QED) is 0.676. The van der Waals surface area contributed by atoms with Gasteiger partial charge in [-0.1, -0.05) is 0 Å². The molecule has 2 N–H and O–H groups in total. The van der Waals surface area contributed by atoms with E-state index in [9.17, 15) is 4.79 Å². The third kappa shape index (κ3) is 3.16. The fourth-order valence-corrected chi connectivity index (χ4v) is 1.10. The Morgan fingerprint density at radius 2 is 2.29 bits per heavy atom. The van der Waals surface area contributed by atoms with Gasteiger partial charge in [0, 0.05) is 0 Å². The second-order valence-electron chi connectivity index (χ2n) is 4.31. The van der Waals surface area contributed by atoms with E-state index in [1.54, 1.807) is 20.8 Å². The lowest BCUT2D eigenvalue weighted by Crippen LogP contribution is -2.58. The van der Waals surface area contributed by atoms with Gasteiger partial charge in [-0.3, -0.25) is 0 Å². The number of aliphatic hydroxyl groups is 1. The van der Waals surface area contributed by atoms with Crippen LogP contribution in [0.15, 0.2) is 0 Å². The van der Waals surface area contributed by atoms with Crippen molar-refractivity contribution in [1.29, 1.82) is 0 Å². The summed E-state index contributed by atoms with van der Waals surface area (Å²) in [7, 11) is 0. The largest absolute Gasteiger partial charge is 0.444 e. The van der Waals surface area contributed by atoms with E-state index in [0.29, 0.717) is 6.61 Å². The number of hydrogen-bond donors (Lipinski definition) is 2. The van der Waals surface area contributed by atoms with Crippen molar-refractivity contribution in [3.63, 3.8) is 0 Å². The van der Waals surface area contributed by atoms with Crippen molar-refractivity contribution in [1.82, 2.24) is 5.32 Å². The number of hydrogen-bond acceptors (Lipinski definition) is 4. The van der Waals surface area contributed by atoms with Crippen molar-refractivity contribution in [3.05, 3.63) is 0 Å². The minimum Gasteiger partial charge on any atom is -0.444 e. The smallest absolute Gasteiger partial charge is 0.408 e. The van der Waals surface area contributed by atoms with Gasteiger partial charge >= 0.3 is 6.09 Å². The average molecular weight is 203 g/mol. The van der Waals surface area contributed by atoms with Crippen molar-refractivity contribution in [3.8, 4) is 0 Å². The molecule has 0 unspecified atom stereocenters. The Morgan fingerprint density at radius 1 is 1.64 bits per heavy atom. The first-order valence-electron chi connectivity index (χ1n) is 4.64. The molecule has 0 aromatic carbocycles. The maximum atomic E-state index is 11.3. The first-order valence-corrected chi connectivity index (χ1v) is 4.64. The van der Waals surface area contributed by atoms with Crippen LogP contribution in [-0.4, -0.2) is 42.2 Å². The Balaban J connectivity index is 2.27. The van der Waals surface area contributed by atoms with E-state index >= 15 is 0 Å². The molecule has 1 heterocycles. The predicted molar refractivity (Wildman–Crippen MR) is 50.0 cm³/mol. The van der Waals surface area contributed by atoms with E-state index in [1.165, 1.54) is 0 Å². The van der Waals surface area contributed by atoms with Crippen LogP contribution < -0.4 is 5.32 Å². The molecule has 1 fully saturated rings. The lowest BCUT2D eigenvalue weighted by Gasteiger charge is -2.36. The molecular formula is C9H17NO4. The molecule has 0 radical (unpaired) electrons. The van der Waals surface area contributed by atoms with Crippen LogP contribution in [0.25, 0.3) is 0 Å². The molecule has 1 saturated heterocycles. The molecule has 0 bridgehead atoms. The number of amides is 1. The molecule has 1 aliphatic rings. The van der Waals surface area contributed by atoms with Crippen molar-refractivity contribution >= 4 is 6.09 Å². The van der Waals surface area contributed by atoms with Crippen LogP contribution in [0.2, 0.25) is 0 Å². The van der Waals surface area contributed by atoms with Gasteiger partial charge < -0.3 is 19.9 Å². The number of carbonyl (C=O) groups is 1. The van der Waals surface area contributed by atoms with Gasteiger partial charge in [-0.25, -0.2) is 4.79 Å². The maximum Gasteiger partial charge on any atom is 0.408 e. The molecule has 0 spiro atoms. The van der Waals surface area contributed by atoms with Crippen molar-refractivity contribution in [2.24, 2.45) is 0 Å². The number of rotatable bonds is 2. The Hall–Kier alpha value is -0.810. The summed E-state index contributed by atoms with van der Waals surface area (Å²) < 4.78 is 10.1. The highest BCUT2D eigenvalue weighted by Crippen LogP contribution is 2.13. The summed E-state index contributed by atoms with van der Waals surface area (Å²) >= 11 is 0. The molecule has 1 rings (SSSR count). The van der Waals surface area contributed by atoms with E-state index in [-0.39, 0.29) is 18.8 Å². The SMILES string of the molecule is CC(C)(C)OC(=O)N[C@@H]1CO[C@H]1CO. The van der Waals surface area contributed by atoms with Crippen LogP contribution in [0.3, 0.4) is 0 Å². The summed E-state index contributed by atoms with van der Waals surface area (Å²) in [5.41, 5.74) is -0.497. The molecular weight excluding hydrogens is 186 g/mol. The number of alkyl carbamates (subject to hydrolysis) is 1. The molecule has 2 atom stereocenters. The third-order valence-corrected chi connectivity index (χ3v) is 1.82. The summed E-state index contributed by atoms with van der Waals surface area (Å²) in [6.45, 7) is 5.75. The molecule has 0 aromatic heterocycles. The van der Waals surface area contributed by atoms with Crippen LogP contribution in [0.5, 0.6) is 0 Å². The standard InChI is InChI=1S/C9H17NO4/c1-9(2,3)14-8(12)10-6-5-13-7(6)4-11/h6-7,11H,4-5H2,1-3H3,(H,10,12)/t6-,7+/m1/s1. The molecule has 14 heavy (non-hydrogen) atoms. The van der Waals surface area contributed by atoms with E-state index < -0.39 is 11.7 Å². The Labute approximate surface area is 83.4 Å². The van der Waals surface area contributed by atoms with Gasteiger partial charge in [0.2, 0.25) is 0 Å². The van der Waals surface area contributed by atoms with Crippen LogP contribution in [0.1, 0.15) is 20.8 Å². The van der Waals surface area contributed by atoms with Crippen LogP contribution in [0.4, 0.5) is 4.79 Å². The van der Waals surface area contributed by atoms with Crippen LogP contribution >= 0.6 is 0 Å². The summed E-state index contributed by atoms with van der Waals surface area (Å²) in [5.74, 6) is 0. The second-order valence-corrected chi connectivity index (χ2v) is 4.31. The van der Waals surface area contributed by atoms with Gasteiger partial charge in [0.25, 0.3) is 0 Å². The van der Waals surface area contributed by atoms with Crippen molar-refractivity contribution in [2.75, 3.05) is 13.2 Å². The Bertz CT molecular complexity index is 209. The Kier molecular flexibility index (Phi) is 3.34. The number of ether oxygens (including phenoxy) is 2. The summed E-state index contributed by atoms with van der Waals surface area (Å²) in [6.07, 6.45) is -0.758. The van der Waals surface area contributed by atoms with Crippen molar-refractivity contribution < 1.29 is 19.4 Å². The molecule has 0 aliphatic carbocycles. The maximum absolute atomic E-state index is 11.3. The normalized spacial score (nSPS) is 26.6. The zero-order valence-corrected chi connectivity index (χ0v) is 8.74. The van der Waals surface area contributed by atoms with Crippen LogP contribution in [0, 0.1) is 0 Å². The second kappa shape index (κ2) is 4.14. The lowest BCUT2D eigenvalue weighted by molar-refractivity contribution is -0.109. The molecule has 1 amide bonds.